The maximum absolute atomic E-state index is 12.6. The smallest absolute Gasteiger partial charge is 0.256 e. The van der Waals surface area contributed by atoms with Crippen LogP contribution in [0.2, 0.25) is 0 Å². The van der Waals surface area contributed by atoms with Gasteiger partial charge in [0.2, 0.25) is 0 Å². The lowest BCUT2D eigenvalue weighted by atomic mass is 9.94. The number of amides is 1. The van der Waals surface area contributed by atoms with Gasteiger partial charge in [-0.05, 0) is 43.9 Å². The number of nitrogens with two attached hydrogens (primary N) is 1. The first-order valence-corrected chi connectivity index (χ1v) is 7.14. The number of carbonyl (C=O) groups excluding carboxylic acids is 1. The van der Waals surface area contributed by atoms with E-state index in [0.717, 1.165) is 17.4 Å². The Hall–Kier alpha value is -1.03. The molecule has 1 amide bonds. The van der Waals surface area contributed by atoms with E-state index in [1.807, 2.05) is 17.0 Å². The largest absolute Gasteiger partial charge is 0.398 e. The Kier molecular flexibility index (Phi) is 3.95. The van der Waals surface area contributed by atoms with Crippen LogP contribution in [-0.4, -0.2) is 23.4 Å². The van der Waals surface area contributed by atoms with Crippen molar-refractivity contribution in [2.45, 2.75) is 32.7 Å². The Morgan fingerprint density at radius 1 is 1.39 bits per heavy atom. The average Bonchev–Trinajstić information content (AvgIpc) is 2.34. The van der Waals surface area contributed by atoms with E-state index in [9.17, 15) is 4.79 Å². The van der Waals surface area contributed by atoms with Crippen molar-refractivity contribution < 1.29 is 4.79 Å². The van der Waals surface area contributed by atoms with Gasteiger partial charge in [0.1, 0.15) is 0 Å². The summed E-state index contributed by atoms with van der Waals surface area (Å²) in [5.74, 6) is 0.617. The van der Waals surface area contributed by atoms with E-state index in [1.54, 1.807) is 6.07 Å². The van der Waals surface area contributed by atoms with Crippen LogP contribution in [0.15, 0.2) is 22.7 Å². The third-order valence-electron chi connectivity index (χ3n) is 3.62. The molecule has 0 spiro atoms. The molecule has 1 fully saturated rings. The number of anilines is 1. The SMILES string of the molecule is CC1CCC(C)N(C(=O)c2cc(Br)ccc2N)C1. The van der Waals surface area contributed by atoms with Gasteiger partial charge >= 0.3 is 0 Å². The summed E-state index contributed by atoms with van der Waals surface area (Å²) in [4.78, 5) is 14.5. The van der Waals surface area contributed by atoms with Crippen LogP contribution in [0.4, 0.5) is 5.69 Å². The topological polar surface area (TPSA) is 46.3 Å². The van der Waals surface area contributed by atoms with Crippen molar-refractivity contribution in [1.82, 2.24) is 4.90 Å². The van der Waals surface area contributed by atoms with E-state index in [-0.39, 0.29) is 5.91 Å². The summed E-state index contributed by atoms with van der Waals surface area (Å²) < 4.78 is 0.887. The second kappa shape index (κ2) is 5.31. The molecule has 2 rings (SSSR count). The third kappa shape index (κ3) is 2.69. The Bertz CT molecular complexity index is 461. The third-order valence-corrected chi connectivity index (χ3v) is 4.12. The van der Waals surface area contributed by atoms with Gasteiger partial charge in [0.15, 0.2) is 0 Å². The molecule has 1 saturated heterocycles. The predicted octanol–water partition coefficient (Wildman–Crippen LogP) is 3.29. The number of piperidine rings is 1. The molecular formula is C14H19BrN2O. The van der Waals surface area contributed by atoms with E-state index >= 15 is 0 Å². The van der Waals surface area contributed by atoms with Crippen LogP contribution in [0.5, 0.6) is 0 Å². The lowest BCUT2D eigenvalue weighted by Gasteiger charge is -2.37. The summed E-state index contributed by atoms with van der Waals surface area (Å²) >= 11 is 3.39. The highest BCUT2D eigenvalue weighted by Gasteiger charge is 2.28. The molecule has 4 heteroatoms. The first kappa shape index (κ1) is 13.4. The maximum Gasteiger partial charge on any atom is 0.256 e. The molecule has 1 heterocycles. The fraction of sp³-hybridized carbons (Fsp3) is 0.500. The molecule has 0 aromatic heterocycles. The zero-order valence-corrected chi connectivity index (χ0v) is 12.4. The number of benzene rings is 1. The standard InChI is InChI=1S/C14H19BrN2O/c1-9-3-4-10(2)17(8-9)14(18)12-7-11(15)5-6-13(12)16/h5-7,9-10H,3-4,8,16H2,1-2H3. The molecule has 0 saturated carbocycles. The fourth-order valence-corrected chi connectivity index (χ4v) is 2.80. The van der Waals surface area contributed by atoms with Gasteiger partial charge < -0.3 is 10.6 Å². The van der Waals surface area contributed by atoms with Gasteiger partial charge in [-0.3, -0.25) is 4.79 Å². The number of carbonyl (C=O) groups is 1. The van der Waals surface area contributed by atoms with Crippen molar-refractivity contribution in [3.05, 3.63) is 28.2 Å². The molecule has 0 bridgehead atoms. The van der Waals surface area contributed by atoms with Crippen LogP contribution in [-0.2, 0) is 0 Å². The van der Waals surface area contributed by atoms with Gasteiger partial charge in [0.25, 0.3) is 5.91 Å². The van der Waals surface area contributed by atoms with Gasteiger partial charge in [-0.25, -0.2) is 0 Å². The first-order chi connectivity index (χ1) is 8.49. The first-order valence-electron chi connectivity index (χ1n) is 6.35. The summed E-state index contributed by atoms with van der Waals surface area (Å²) in [6, 6.07) is 5.74. The molecule has 1 aromatic rings. The van der Waals surface area contributed by atoms with Crippen molar-refractivity contribution in [3.8, 4) is 0 Å². The summed E-state index contributed by atoms with van der Waals surface area (Å²) in [5, 5.41) is 0. The Labute approximate surface area is 116 Å². The van der Waals surface area contributed by atoms with E-state index in [0.29, 0.717) is 23.2 Å². The average molecular weight is 311 g/mol. The molecule has 2 N–H and O–H groups in total. The van der Waals surface area contributed by atoms with Crippen molar-refractivity contribution in [1.29, 1.82) is 0 Å². The molecule has 0 aliphatic carbocycles. The normalized spacial score (nSPS) is 24.1. The number of hydrogen-bond donors (Lipinski definition) is 1. The molecule has 18 heavy (non-hydrogen) atoms. The predicted molar refractivity (Wildman–Crippen MR) is 77.5 cm³/mol. The fourth-order valence-electron chi connectivity index (χ4n) is 2.44. The Morgan fingerprint density at radius 3 is 2.83 bits per heavy atom. The molecular weight excluding hydrogens is 292 g/mol. The van der Waals surface area contributed by atoms with Crippen molar-refractivity contribution in [2.75, 3.05) is 12.3 Å². The van der Waals surface area contributed by atoms with Crippen LogP contribution in [0.1, 0.15) is 37.0 Å². The second-order valence-electron chi connectivity index (χ2n) is 5.22. The highest BCUT2D eigenvalue weighted by Crippen LogP contribution is 2.26. The number of hydrogen-bond acceptors (Lipinski definition) is 2. The number of halogens is 1. The van der Waals surface area contributed by atoms with Gasteiger partial charge in [-0.2, -0.15) is 0 Å². The van der Waals surface area contributed by atoms with Crippen LogP contribution < -0.4 is 5.73 Å². The molecule has 1 aliphatic heterocycles. The van der Waals surface area contributed by atoms with Crippen molar-refractivity contribution >= 4 is 27.5 Å². The van der Waals surface area contributed by atoms with Gasteiger partial charge in [0, 0.05) is 22.7 Å². The molecule has 2 unspecified atom stereocenters. The van der Waals surface area contributed by atoms with Crippen LogP contribution >= 0.6 is 15.9 Å². The number of likely N-dealkylation sites (tertiary alicyclic amines) is 1. The molecule has 2 atom stereocenters. The van der Waals surface area contributed by atoms with Gasteiger partial charge in [-0.15, -0.1) is 0 Å². The highest BCUT2D eigenvalue weighted by molar-refractivity contribution is 9.10. The summed E-state index contributed by atoms with van der Waals surface area (Å²) in [5.41, 5.74) is 7.06. The zero-order valence-electron chi connectivity index (χ0n) is 10.8. The number of nitrogens with zero attached hydrogens (tertiary/aromatic N) is 1. The minimum absolute atomic E-state index is 0.0489. The summed E-state index contributed by atoms with van der Waals surface area (Å²) in [6.45, 7) is 5.13. The van der Waals surface area contributed by atoms with E-state index in [2.05, 4.69) is 29.8 Å². The zero-order chi connectivity index (χ0) is 13.3. The van der Waals surface area contributed by atoms with E-state index in [4.69, 9.17) is 5.73 Å². The van der Waals surface area contributed by atoms with E-state index in [1.165, 1.54) is 6.42 Å². The minimum Gasteiger partial charge on any atom is -0.398 e. The lowest BCUT2D eigenvalue weighted by molar-refractivity contribution is 0.0575. The minimum atomic E-state index is 0.0489. The van der Waals surface area contributed by atoms with E-state index < -0.39 is 0 Å². The Balaban J connectivity index is 2.27. The monoisotopic (exact) mass is 310 g/mol. The second-order valence-corrected chi connectivity index (χ2v) is 6.14. The van der Waals surface area contributed by atoms with Crippen molar-refractivity contribution in [3.63, 3.8) is 0 Å². The molecule has 1 aromatic carbocycles. The number of rotatable bonds is 1. The maximum atomic E-state index is 12.6. The van der Waals surface area contributed by atoms with Crippen molar-refractivity contribution in [2.24, 2.45) is 5.92 Å². The molecule has 3 nitrogen and oxygen atoms in total. The summed E-state index contributed by atoms with van der Waals surface area (Å²) in [7, 11) is 0. The molecule has 0 radical (unpaired) electrons. The lowest BCUT2D eigenvalue weighted by Crippen LogP contribution is -2.45. The number of nitrogen functional groups attached to an aromatic ring is 1. The van der Waals surface area contributed by atoms with Crippen LogP contribution in [0, 0.1) is 5.92 Å². The molecule has 98 valence electrons. The van der Waals surface area contributed by atoms with Gasteiger partial charge in [-0.1, -0.05) is 22.9 Å². The molecule has 1 aliphatic rings. The summed E-state index contributed by atoms with van der Waals surface area (Å²) in [6.07, 6.45) is 2.26. The van der Waals surface area contributed by atoms with Crippen LogP contribution in [0.25, 0.3) is 0 Å². The Morgan fingerprint density at radius 2 is 2.11 bits per heavy atom. The quantitative estimate of drug-likeness (QED) is 0.809. The van der Waals surface area contributed by atoms with Gasteiger partial charge in [0.05, 0.1) is 5.56 Å². The van der Waals surface area contributed by atoms with Crippen LogP contribution in [0.3, 0.4) is 0 Å². The highest BCUT2D eigenvalue weighted by atomic mass is 79.9.